The Morgan fingerprint density at radius 1 is 1.15 bits per heavy atom. The number of sulfonamides is 1. The van der Waals surface area contributed by atoms with Gasteiger partial charge >= 0.3 is 0 Å². The highest BCUT2D eigenvalue weighted by atomic mass is 32.2. The topological polar surface area (TPSA) is 46.2 Å². The molecule has 76 valence electrons. The summed E-state index contributed by atoms with van der Waals surface area (Å²) >= 11 is 0. The Balaban J connectivity index is 2.18. The Bertz CT molecular complexity index is 278. The first-order valence-electron chi connectivity index (χ1n) is 5.06. The highest BCUT2D eigenvalue weighted by Crippen LogP contribution is 2.43. The molecule has 1 unspecified atom stereocenters. The van der Waals surface area contributed by atoms with Gasteiger partial charge in [-0.05, 0) is 38.1 Å². The van der Waals surface area contributed by atoms with E-state index in [1.54, 1.807) is 0 Å². The summed E-state index contributed by atoms with van der Waals surface area (Å²) < 4.78 is 25.7. The maximum absolute atomic E-state index is 11.6. The fraction of sp³-hybridized carbons (Fsp3) is 1.00. The molecular formula is C9H17NO2S. The van der Waals surface area contributed by atoms with Crippen molar-refractivity contribution in [1.82, 2.24) is 4.72 Å². The van der Waals surface area contributed by atoms with E-state index in [-0.39, 0.29) is 5.25 Å². The number of rotatable bonds is 2. The van der Waals surface area contributed by atoms with Gasteiger partial charge in [0.05, 0.1) is 5.25 Å². The number of hydrogen-bond donors (Lipinski definition) is 1. The third kappa shape index (κ3) is 1.62. The molecule has 0 aliphatic heterocycles. The summed E-state index contributed by atoms with van der Waals surface area (Å²) in [5.41, 5.74) is 0. The molecule has 3 aliphatic carbocycles. The summed E-state index contributed by atoms with van der Waals surface area (Å²) in [6, 6.07) is 0. The van der Waals surface area contributed by atoms with Crippen LogP contribution in [0.3, 0.4) is 0 Å². The maximum Gasteiger partial charge on any atom is 0.214 e. The lowest BCUT2D eigenvalue weighted by Gasteiger charge is -2.41. The van der Waals surface area contributed by atoms with Gasteiger partial charge in [-0.1, -0.05) is 12.8 Å². The molecule has 0 aromatic rings. The molecule has 3 rings (SSSR count). The van der Waals surface area contributed by atoms with E-state index in [4.69, 9.17) is 0 Å². The fourth-order valence-electron chi connectivity index (χ4n) is 2.85. The lowest BCUT2D eigenvalue weighted by atomic mass is 9.70. The van der Waals surface area contributed by atoms with E-state index in [0.717, 1.165) is 19.3 Å². The Labute approximate surface area is 80.0 Å². The van der Waals surface area contributed by atoms with Crippen molar-refractivity contribution in [1.29, 1.82) is 0 Å². The summed E-state index contributed by atoms with van der Waals surface area (Å²) in [4.78, 5) is 0. The molecule has 0 amide bonds. The van der Waals surface area contributed by atoms with Crippen molar-refractivity contribution in [2.45, 2.75) is 37.4 Å². The molecule has 3 saturated carbocycles. The maximum atomic E-state index is 11.6. The van der Waals surface area contributed by atoms with Gasteiger partial charge in [-0.3, -0.25) is 0 Å². The Kier molecular flexibility index (Phi) is 2.36. The molecule has 3 fully saturated rings. The van der Waals surface area contributed by atoms with Gasteiger partial charge in [0.1, 0.15) is 0 Å². The second-order valence-electron chi connectivity index (χ2n) is 4.30. The van der Waals surface area contributed by atoms with Crippen LogP contribution in [0.2, 0.25) is 0 Å². The van der Waals surface area contributed by atoms with Gasteiger partial charge in [-0.2, -0.15) is 0 Å². The molecule has 0 aromatic heterocycles. The molecule has 0 heterocycles. The summed E-state index contributed by atoms with van der Waals surface area (Å²) in [5.74, 6) is 1.11. The van der Waals surface area contributed by atoms with Crippen LogP contribution in [0.15, 0.2) is 0 Å². The second kappa shape index (κ2) is 3.24. The van der Waals surface area contributed by atoms with E-state index < -0.39 is 10.0 Å². The lowest BCUT2D eigenvalue weighted by molar-refractivity contribution is 0.178. The molecular weight excluding hydrogens is 186 g/mol. The standard InChI is InChI=1S/C9H17NO2S/c1-10-13(11,12)9-6-7-2-4-8(9)5-3-7/h7-10H,2-6H2,1H3. The van der Waals surface area contributed by atoms with Crippen LogP contribution < -0.4 is 4.72 Å². The first-order valence-corrected chi connectivity index (χ1v) is 6.60. The van der Waals surface area contributed by atoms with Crippen LogP contribution in [0, 0.1) is 11.8 Å². The highest BCUT2D eigenvalue weighted by Gasteiger charge is 2.41. The van der Waals surface area contributed by atoms with E-state index in [2.05, 4.69) is 4.72 Å². The molecule has 3 nitrogen and oxygen atoms in total. The van der Waals surface area contributed by atoms with E-state index in [9.17, 15) is 8.42 Å². The van der Waals surface area contributed by atoms with Crippen molar-refractivity contribution in [3.63, 3.8) is 0 Å². The minimum atomic E-state index is -3.00. The average Bonchev–Trinajstić information content (AvgIpc) is 2.19. The molecule has 0 spiro atoms. The van der Waals surface area contributed by atoms with Gasteiger partial charge in [0, 0.05) is 0 Å². The monoisotopic (exact) mass is 203 g/mol. The normalized spacial score (nSPS) is 39.3. The van der Waals surface area contributed by atoms with E-state index in [0.29, 0.717) is 11.8 Å². The minimum absolute atomic E-state index is 0.0926. The van der Waals surface area contributed by atoms with Gasteiger partial charge < -0.3 is 0 Å². The Morgan fingerprint density at radius 3 is 2.15 bits per heavy atom. The first kappa shape index (κ1) is 9.46. The van der Waals surface area contributed by atoms with Crippen LogP contribution in [0.1, 0.15) is 32.1 Å². The number of hydrogen-bond acceptors (Lipinski definition) is 2. The van der Waals surface area contributed by atoms with Crippen LogP contribution >= 0.6 is 0 Å². The summed E-state index contributed by atoms with van der Waals surface area (Å²) in [5, 5.41) is -0.0926. The summed E-state index contributed by atoms with van der Waals surface area (Å²) in [6.07, 6.45) is 5.64. The average molecular weight is 203 g/mol. The van der Waals surface area contributed by atoms with Crippen LogP contribution in [0.5, 0.6) is 0 Å². The van der Waals surface area contributed by atoms with Crippen molar-refractivity contribution in [3.8, 4) is 0 Å². The number of nitrogens with one attached hydrogen (secondary N) is 1. The zero-order valence-corrected chi connectivity index (χ0v) is 8.81. The van der Waals surface area contributed by atoms with Crippen molar-refractivity contribution >= 4 is 10.0 Å². The minimum Gasteiger partial charge on any atom is -0.218 e. The van der Waals surface area contributed by atoms with Gasteiger partial charge in [0.2, 0.25) is 10.0 Å². The smallest absolute Gasteiger partial charge is 0.214 e. The van der Waals surface area contributed by atoms with Gasteiger partial charge in [-0.25, -0.2) is 13.1 Å². The predicted molar refractivity (Wildman–Crippen MR) is 51.8 cm³/mol. The van der Waals surface area contributed by atoms with Crippen molar-refractivity contribution in [3.05, 3.63) is 0 Å². The van der Waals surface area contributed by atoms with Crippen LogP contribution in [0.4, 0.5) is 0 Å². The van der Waals surface area contributed by atoms with E-state index in [1.807, 2.05) is 0 Å². The van der Waals surface area contributed by atoms with Crippen LogP contribution in [-0.2, 0) is 10.0 Å². The van der Waals surface area contributed by atoms with Crippen molar-refractivity contribution in [2.24, 2.45) is 11.8 Å². The molecule has 0 saturated heterocycles. The van der Waals surface area contributed by atoms with Gasteiger partial charge in [0.25, 0.3) is 0 Å². The molecule has 0 aromatic carbocycles. The van der Waals surface area contributed by atoms with Crippen molar-refractivity contribution in [2.75, 3.05) is 7.05 Å². The Morgan fingerprint density at radius 2 is 1.77 bits per heavy atom. The number of fused-ring (bicyclic) bond motifs is 3. The molecule has 3 aliphatic rings. The zero-order chi connectivity index (χ0) is 9.47. The third-order valence-electron chi connectivity index (χ3n) is 3.67. The van der Waals surface area contributed by atoms with Gasteiger partial charge in [-0.15, -0.1) is 0 Å². The molecule has 2 bridgehead atoms. The molecule has 4 heteroatoms. The summed E-state index contributed by atoms with van der Waals surface area (Å²) in [6.45, 7) is 0. The second-order valence-corrected chi connectivity index (χ2v) is 6.41. The Hall–Kier alpha value is -0.0900. The SMILES string of the molecule is CNS(=O)(=O)C1CC2CCC1CC2. The summed E-state index contributed by atoms with van der Waals surface area (Å²) in [7, 11) is -1.48. The largest absolute Gasteiger partial charge is 0.218 e. The van der Waals surface area contributed by atoms with Crippen molar-refractivity contribution < 1.29 is 8.42 Å². The van der Waals surface area contributed by atoms with Crippen LogP contribution in [-0.4, -0.2) is 20.7 Å². The lowest BCUT2D eigenvalue weighted by Crippen LogP contribution is -2.44. The van der Waals surface area contributed by atoms with E-state index >= 15 is 0 Å². The predicted octanol–water partition coefficient (Wildman–Crippen LogP) is 1.11. The highest BCUT2D eigenvalue weighted by molar-refractivity contribution is 7.90. The third-order valence-corrected chi connectivity index (χ3v) is 5.61. The first-order chi connectivity index (χ1) is 6.13. The molecule has 1 atom stereocenters. The van der Waals surface area contributed by atoms with E-state index in [1.165, 1.54) is 19.9 Å². The van der Waals surface area contributed by atoms with Gasteiger partial charge in [0.15, 0.2) is 0 Å². The zero-order valence-electron chi connectivity index (χ0n) is 7.99. The molecule has 0 radical (unpaired) electrons. The molecule has 1 N–H and O–H groups in total. The molecule has 13 heavy (non-hydrogen) atoms. The van der Waals surface area contributed by atoms with Crippen LogP contribution in [0.25, 0.3) is 0 Å². The quantitative estimate of drug-likeness (QED) is 0.731. The fourth-order valence-corrected chi connectivity index (χ4v) is 4.46.